The van der Waals surface area contributed by atoms with Gasteiger partial charge in [-0.2, -0.15) is 0 Å². The van der Waals surface area contributed by atoms with Crippen LogP contribution in [0.5, 0.6) is 0 Å². The van der Waals surface area contributed by atoms with Crippen LogP contribution in [0.2, 0.25) is 0 Å². The SMILES string of the molecule is CN(CCC(C)(C)C(=N)N)Cc1cc(Br)cs1. The molecule has 0 aliphatic rings. The Morgan fingerprint density at radius 2 is 2.24 bits per heavy atom. The van der Waals surface area contributed by atoms with Crippen LogP contribution in [-0.4, -0.2) is 24.3 Å². The third-order valence-electron chi connectivity index (χ3n) is 2.90. The number of thiophene rings is 1. The van der Waals surface area contributed by atoms with E-state index in [1.807, 2.05) is 13.8 Å². The van der Waals surface area contributed by atoms with Crippen LogP contribution in [0.4, 0.5) is 0 Å². The van der Waals surface area contributed by atoms with E-state index in [2.05, 4.69) is 39.3 Å². The Balaban J connectivity index is 2.40. The molecule has 0 saturated carbocycles. The molecule has 3 N–H and O–H groups in total. The smallest absolute Gasteiger partial charge is 0.0963 e. The first-order valence-corrected chi connectivity index (χ1v) is 7.24. The quantitative estimate of drug-likeness (QED) is 0.625. The van der Waals surface area contributed by atoms with E-state index in [1.165, 1.54) is 4.88 Å². The van der Waals surface area contributed by atoms with Gasteiger partial charge in [0.05, 0.1) is 5.84 Å². The highest BCUT2D eigenvalue weighted by atomic mass is 79.9. The van der Waals surface area contributed by atoms with Gasteiger partial charge in [0.15, 0.2) is 0 Å². The maximum Gasteiger partial charge on any atom is 0.0963 e. The largest absolute Gasteiger partial charge is 0.387 e. The van der Waals surface area contributed by atoms with Crippen molar-refractivity contribution < 1.29 is 0 Å². The minimum atomic E-state index is -0.204. The summed E-state index contributed by atoms with van der Waals surface area (Å²) >= 11 is 5.22. The van der Waals surface area contributed by atoms with Gasteiger partial charge in [-0.15, -0.1) is 11.3 Å². The Morgan fingerprint density at radius 3 is 2.71 bits per heavy atom. The summed E-state index contributed by atoms with van der Waals surface area (Å²) in [5.41, 5.74) is 5.37. The third kappa shape index (κ3) is 4.77. The normalized spacial score (nSPS) is 12.1. The van der Waals surface area contributed by atoms with Crippen molar-refractivity contribution in [3.05, 3.63) is 20.8 Å². The summed E-state index contributed by atoms with van der Waals surface area (Å²) < 4.78 is 1.15. The molecule has 0 aliphatic carbocycles. The van der Waals surface area contributed by atoms with Crippen LogP contribution in [0, 0.1) is 10.8 Å². The molecule has 1 heterocycles. The molecule has 0 aromatic carbocycles. The summed E-state index contributed by atoms with van der Waals surface area (Å²) in [6.07, 6.45) is 0.908. The van der Waals surface area contributed by atoms with Gasteiger partial charge in [-0.1, -0.05) is 13.8 Å². The molecule has 3 nitrogen and oxygen atoms in total. The third-order valence-corrected chi connectivity index (χ3v) is 4.58. The first-order chi connectivity index (χ1) is 7.81. The van der Waals surface area contributed by atoms with Gasteiger partial charge < -0.3 is 10.6 Å². The minimum Gasteiger partial charge on any atom is -0.387 e. The van der Waals surface area contributed by atoms with Crippen molar-refractivity contribution in [1.82, 2.24) is 4.90 Å². The van der Waals surface area contributed by atoms with Crippen molar-refractivity contribution in [2.24, 2.45) is 11.1 Å². The van der Waals surface area contributed by atoms with Gasteiger partial charge >= 0.3 is 0 Å². The molecule has 0 saturated heterocycles. The van der Waals surface area contributed by atoms with Crippen molar-refractivity contribution in [2.75, 3.05) is 13.6 Å². The highest BCUT2D eigenvalue weighted by Gasteiger charge is 2.21. The summed E-state index contributed by atoms with van der Waals surface area (Å²) in [7, 11) is 2.10. The van der Waals surface area contributed by atoms with Crippen LogP contribution < -0.4 is 5.73 Å². The zero-order valence-electron chi connectivity index (χ0n) is 10.6. The monoisotopic (exact) mass is 317 g/mol. The van der Waals surface area contributed by atoms with E-state index in [4.69, 9.17) is 11.1 Å². The first kappa shape index (κ1) is 14.7. The number of nitrogens with zero attached hydrogens (tertiary/aromatic N) is 1. The lowest BCUT2D eigenvalue weighted by Crippen LogP contribution is -2.34. The van der Waals surface area contributed by atoms with E-state index >= 15 is 0 Å². The Bertz CT molecular complexity index is 387. The van der Waals surface area contributed by atoms with Crippen LogP contribution in [0.3, 0.4) is 0 Å². The Hall–Kier alpha value is -0.390. The standard InChI is InChI=1S/C12H20BrN3S/c1-12(2,11(14)15)4-5-16(3)7-10-6-9(13)8-17-10/h6,8H,4-5,7H2,1-3H3,(H3,14,15). The molecular formula is C12H20BrN3S. The molecule has 0 amide bonds. The number of rotatable bonds is 6. The van der Waals surface area contributed by atoms with Gasteiger partial charge in [0.1, 0.15) is 0 Å². The molecule has 1 aromatic rings. The average molecular weight is 318 g/mol. The second-order valence-electron chi connectivity index (χ2n) is 5.02. The van der Waals surface area contributed by atoms with Gasteiger partial charge in [-0.05, 0) is 42.0 Å². The van der Waals surface area contributed by atoms with Crippen molar-refractivity contribution >= 4 is 33.1 Å². The molecular weight excluding hydrogens is 298 g/mol. The number of amidine groups is 1. The lowest BCUT2D eigenvalue weighted by atomic mass is 9.88. The van der Waals surface area contributed by atoms with Crippen molar-refractivity contribution in [3.63, 3.8) is 0 Å². The molecule has 1 aromatic heterocycles. The fraction of sp³-hybridized carbons (Fsp3) is 0.583. The van der Waals surface area contributed by atoms with Crippen LogP contribution in [0.25, 0.3) is 0 Å². The lowest BCUT2D eigenvalue weighted by Gasteiger charge is -2.26. The van der Waals surface area contributed by atoms with Crippen LogP contribution in [0.1, 0.15) is 25.1 Å². The number of halogens is 1. The van der Waals surface area contributed by atoms with Gasteiger partial charge in [0, 0.05) is 26.7 Å². The molecule has 5 heteroatoms. The predicted octanol–water partition coefficient (Wildman–Crippen LogP) is 3.29. The number of nitrogens with one attached hydrogen (secondary N) is 1. The average Bonchev–Trinajstić information content (AvgIpc) is 2.61. The molecule has 1 rings (SSSR count). The molecule has 0 atom stereocenters. The second kappa shape index (κ2) is 5.98. The molecule has 17 heavy (non-hydrogen) atoms. The van der Waals surface area contributed by atoms with Crippen molar-refractivity contribution in [2.45, 2.75) is 26.8 Å². The zero-order valence-corrected chi connectivity index (χ0v) is 13.0. The highest BCUT2D eigenvalue weighted by molar-refractivity contribution is 9.10. The van der Waals surface area contributed by atoms with E-state index in [0.29, 0.717) is 0 Å². The Morgan fingerprint density at radius 1 is 1.59 bits per heavy atom. The molecule has 0 unspecified atom stereocenters. The number of hydrogen-bond donors (Lipinski definition) is 2. The topological polar surface area (TPSA) is 53.1 Å². The van der Waals surface area contributed by atoms with Crippen LogP contribution >= 0.6 is 27.3 Å². The molecule has 0 fully saturated rings. The minimum absolute atomic E-state index is 0.204. The van der Waals surface area contributed by atoms with Crippen LogP contribution in [-0.2, 0) is 6.54 Å². The summed E-state index contributed by atoms with van der Waals surface area (Å²) in [6, 6.07) is 2.15. The number of nitrogens with two attached hydrogens (primary N) is 1. The lowest BCUT2D eigenvalue weighted by molar-refractivity contribution is 0.286. The summed E-state index contributed by atoms with van der Waals surface area (Å²) in [4.78, 5) is 3.61. The maximum atomic E-state index is 7.52. The van der Waals surface area contributed by atoms with Crippen molar-refractivity contribution in [1.29, 1.82) is 5.41 Å². The first-order valence-electron chi connectivity index (χ1n) is 5.57. The van der Waals surface area contributed by atoms with Crippen molar-refractivity contribution in [3.8, 4) is 0 Å². The van der Waals surface area contributed by atoms with Gasteiger partial charge in [0.25, 0.3) is 0 Å². The summed E-state index contributed by atoms with van der Waals surface area (Å²) in [5, 5.41) is 9.62. The van der Waals surface area contributed by atoms with Crippen LogP contribution in [0.15, 0.2) is 15.9 Å². The van der Waals surface area contributed by atoms with Gasteiger partial charge in [-0.25, -0.2) is 0 Å². The van der Waals surface area contributed by atoms with Gasteiger partial charge in [-0.3, -0.25) is 5.41 Å². The Kier molecular flexibility index (Phi) is 5.16. The second-order valence-corrected chi connectivity index (χ2v) is 6.93. The van der Waals surface area contributed by atoms with E-state index in [1.54, 1.807) is 11.3 Å². The fourth-order valence-corrected chi connectivity index (χ4v) is 2.92. The predicted molar refractivity (Wildman–Crippen MR) is 78.7 cm³/mol. The molecule has 0 spiro atoms. The summed E-state index contributed by atoms with van der Waals surface area (Å²) in [6.45, 7) is 5.93. The van der Waals surface area contributed by atoms with E-state index in [9.17, 15) is 0 Å². The highest BCUT2D eigenvalue weighted by Crippen LogP contribution is 2.23. The maximum absolute atomic E-state index is 7.52. The van der Waals surface area contributed by atoms with E-state index in [0.717, 1.165) is 24.0 Å². The van der Waals surface area contributed by atoms with Gasteiger partial charge in [0.2, 0.25) is 0 Å². The molecule has 0 aliphatic heterocycles. The number of hydrogen-bond acceptors (Lipinski definition) is 3. The molecule has 0 bridgehead atoms. The molecule has 0 radical (unpaired) electrons. The van der Waals surface area contributed by atoms with E-state index < -0.39 is 0 Å². The summed E-state index contributed by atoms with van der Waals surface area (Å²) in [5.74, 6) is 0.268. The fourth-order valence-electron chi connectivity index (χ4n) is 1.39. The molecule has 96 valence electrons. The Labute approximate surface area is 116 Å². The zero-order chi connectivity index (χ0) is 13.1. The van der Waals surface area contributed by atoms with E-state index in [-0.39, 0.29) is 11.3 Å².